The number of fused-ring (bicyclic) bond motifs is 1. The summed E-state index contributed by atoms with van der Waals surface area (Å²) in [6.07, 6.45) is 3.61. The van der Waals surface area contributed by atoms with Crippen LogP contribution in [0.4, 0.5) is 0 Å². The third kappa shape index (κ3) is 2.84. The number of aromatic amines is 1. The maximum absolute atomic E-state index is 12.2. The van der Waals surface area contributed by atoms with E-state index in [4.69, 9.17) is 0 Å². The van der Waals surface area contributed by atoms with Crippen LogP contribution in [0.15, 0.2) is 28.3 Å². The van der Waals surface area contributed by atoms with E-state index < -0.39 is 9.84 Å². The quantitative estimate of drug-likeness (QED) is 0.808. The van der Waals surface area contributed by atoms with E-state index in [1.807, 2.05) is 29.9 Å². The highest BCUT2D eigenvalue weighted by molar-refractivity contribution is 7.90. The Hall–Kier alpha value is -1.93. The van der Waals surface area contributed by atoms with Gasteiger partial charge in [0.2, 0.25) is 15.0 Å². The monoisotopic (exact) mass is 322 g/mol. The van der Waals surface area contributed by atoms with Crippen LogP contribution in [0, 0.1) is 0 Å². The van der Waals surface area contributed by atoms with Gasteiger partial charge < -0.3 is 4.57 Å². The van der Waals surface area contributed by atoms with Crippen molar-refractivity contribution in [3.8, 4) is 0 Å². The molecule has 1 N–H and O–H groups in total. The molecule has 0 saturated heterocycles. The van der Waals surface area contributed by atoms with Crippen LogP contribution in [0.5, 0.6) is 0 Å². The third-order valence-electron chi connectivity index (χ3n) is 3.91. The lowest BCUT2D eigenvalue weighted by atomic mass is 10.1. The van der Waals surface area contributed by atoms with Gasteiger partial charge in [-0.1, -0.05) is 0 Å². The Morgan fingerprint density at radius 1 is 1.41 bits per heavy atom. The van der Waals surface area contributed by atoms with Crippen LogP contribution in [0.3, 0.4) is 0 Å². The molecule has 0 bridgehead atoms. The maximum Gasteiger partial charge on any atom is 0.256 e. The molecule has 0 radical (unpaired) electrons. The van der Waals surface area contributed by atoms with Crippen LogP contribution >= 0.6 is 0 Å². The van der Waals surface area contributed by atoms with E-state index in [1.54, 1.807) is 0 Å². The van der Waals surface area contributed by atoms with Gasteiger partial charge >= 0.3 is 0 Å². The van der Waals surface area contributed by atoms with Gasteiger partial charge in [-0.3, -0.25) is 14.7 Å². The Bertz CT molecular complexity index is 866. The second kappa shape index (κ2) is 5.36. The van der Waals surface area contributed by atoms with Gasteiger partial charge in [0.05, 0.1) is 11.3 Å². The summed E-state index contributed by atoms with van der Waals surface area (Å²) in [6.45, 7) is 1.97. The minimum absolute atomic E-state index is 0.243. The van der Waals surface area contributed by atoms with E-state index in [1.165, 1.54) is 5.69 Å². The molecule has 8 heteroatoms. The van der Waals surface area contributed by atoms with Crippen LogP contribution < -0.4 is 5.56 Å². The minimum atomic E-state index is -3.50. The summed E-state index contributed by atoms with van der Waals surface area (Å²) in [5, 5.41) is -0.243. The van der Waals surface area contributed by atoms with Crippen molar-refractivity contribution in [2.45, 2.75) is 24.7 Å². The zero-order valence-corrected chi connectivity index (χ0v) is 13.4. The molecule has 0 unspecified atom stereocenters. The van der Waals surface area contributed by atoms with Gasteiger partial charge in [-0.15, -0.1) is 0 Å². The highest BCUT2D eigenvalue weighted by Gasteiger charge is 2.23. The van der Waals surface area contributed by atoms with Gasteiger partial charge in [-0.25, -0.2) is 13.4 Å². The van der Waals surface area contributed by atoms with E-state index in [2.05, 4.69) is 14.9 Å². The van der Waals surface area contributed by atoms with Crippen molar-refractivity contribution in [1.29, 1.82) is 0 Å². The van der Waals surface area contributed by atoms with Crippen LogP contribution in [0.1, 0.15) is 17.0 Å². The predicted octanol–water partition coefficient (Wildman–Crippen LogP) is 0.0702. The molecule has 118 valence electrons. The Morgan fingerprint density at radius 2 is 2.18 bits per heavy atom. The fourth-order valence-corrected chi connectivity index (χ4v) is 3.21. The van der Waals surface area contributed by atoms with Crippen molar-refractivity contribution in [3.05, 3.63) is 45.6 Å². The first-order valence-electron chi connectivity index (χ1n) is 6.99. The number of sulfone groups is 1. The van der Waals surface area contributed by atoms with Crippen molar-refractivity contribution in [1.82, 2.24) is 19.4 Å². The van der Waals surface area contributed by atoms with Crippen LogP contribution in [-0.4, -0.2) is 40.7 Å². The lowest BCUT2D eigenvalue weighted by Gasteiger charge is -2.27. The minimum Gasteiger partial charge on any atom is -0.353 e. The SMILES string of the molecule is Cn1cccc1CN1CCc2nc(S(C)(=O)=O)[nH]c(=O)c2C1. The van der Waals surface area contributed by atoms with Crippen molar-refractivity contribution in [2.24, 2.45) is 7.05 Å². The van der Waals surface area contributed by atoms with E-state index in [9.17, 15) is 13.2 Å². The maximum atomic E-state index is 12.2. The summed E-state index contributed by atoms with van der Waals surface area (Å²) in [5.41, 5.74) is 1.96. The van der Waals surface area contributed by atoms with E-state index >= 15 is 0 Å². The first kappa shape index (κ1) is 15.0. The van der Waals surface area contributed by atoms with E-state index in [0.717, 1.165) is 19.3 Å². The highest BCUT2D eigenvalue weighted by Crippen LogP contribution is 2.17. The molecule has 0 spiro atoms. The number of aryl methyl sites for hydroxylation is 1. The molecule has 0 atom stereocenters. The summed E-state index contributed by atoms with van der Waals surface area (Å²) >= 11 is 0. The molecule has 3 rings (SSSR count). The summed E-state index contributed by atoms with van der Waals surface area (Å²) in [6, 6.07) is 4.03. The molecule has 3 heterocycles. The number of rotatable bonds is 3. The predicted molar refractivity (Wildman–Crippen MR) is 81.2 cm³/mol. The first-order valence-corrected chi connectivity index (χ1v) is 8.88. The Balaban J connectivity index is 1.88. The zero-order chi connectivity index (χ0) is 15.9. The molecular weight excluding hydrogens is 304 g/mol. The van der Waals surface area contributed by atoms with Gasteiger partial charge in [0.25, 0.3) is 5.56 Å². The Kier molecular flexibility index (Phi) is 3.65. The summed E-state index contributed by atoms with van der Waals surface area (Å²) in [4.78, 5) is 20.8. The lowest BCUT2D eigenvalue weighted by molar-refractivity contribution is 0.236. The van der Waals surface area contributed by atoms with Crippen LogP contribution in [0.2, 0.25) is 0 Å². The van der Waals surface area contributed by atoms with E-state index in [-0.39, 0.29) is 10.7 Å². The third-order valence-corrected chi connectivity index (χ3v) is 4.81. The fraction of sp³-hybridized carbons (Fsp3) is 0.429. The highest BCUT2D eigenvalue weighted by atomic mass is 32.2. The second-order valence-corrected chi connectivity index (χ2v) is 7.57. The normalized spacial score (nSPS) is 15.7. The van der Waals surface area contributed by atoms with Gasteiger partial charge in [-0.05, 0) is 12.1 Å². The Morgan fingerprint density at radius 3 is 2.82 bits per heavy atom. The number of nitrogens with one attached hydrogen (secondary N) is 1. The summed E-state index contributed by atoms with van der Waals surface area (Å²) in [7, 11) is -1.52. The molecule has 0 aromatic carbocycles. The Labute approximate surface area is 128 Å². The molecule has 0 fully saturated rings. The summed E-state index contributed by atoms with van der Waals surface area (Å²) in [5.74, 6) is 0. The molecule has 22 heavy (non-hydrogen) atoms. The van der Waals surface area contributed by atoms with Gasteiger partial charge in [-0.2, -0.15) is 0 Å². The number of nitrogens with zero attached hydrogens (tertiary/aromatic N) is 3. The van der Waals surface area contributed by atoms with Crippen LogP contribution in [-0.2, 0) is 36.4 Å². The average molecular weight is 322 g/mol. The molecular formula is C14H18N4O3S. The molecule has 0 saturated carbocycles. The van der Waals surface area contributed by atoms with Crippen molar-refractivity contribution < 1.29 is 8.42 Å². The van der Waals surface area contributed by atoms with E-state index in [0.29, 0.717) is 24.2 Å². The average Bonchev–Trinajstić information content (AvgIpc) is 2.84. The zero-order valence-electron chi connectivity index (χ0n) is 12.5. The van der Waals surface area contributed by atoms with Crippen molar-refractivity contribution >= 4 is 9.84 Å². The second-order valence-electron chi connectivity index (χ2n) is 5.64. The summed E-state index contributed by atoms with van der Waals surface area (Å²) < 4.78 is 25.1. The molecule has 2 aromatic rings. The number of H-pyrrole nitrogens is 1. The topological polar surface area (TPSA) is 88.1 Å². The number of aromatic nitrogens is 3. The van der Waals surface area contributed by atoms with Gasteiger partial charge in [0, 0.05) is 51.2 Å². The lowest BCUT2D eigenvalue weighted by Crippen LogP contribution is -2.36. The van der Waals surface area contributed by atoms with Crippen LogP contribution in [0.25, 0.3) is 0 Å². The standard InChI is InChI=1S/C14H18N4O3S/c1-17-6-3-4-10(17)8-18-7-5-12-11(9-18)13(19)16-14(15-12)22(2,20)21/h3-4,6H,5,7-9H2,1-2H3,(H,15,16,19). The van der Waals surface area contributed by atoms with Crippen molar-refractivity contribution in [2.75, 3.05) is 12.8 Å². The molecule has 2 aromatic heterocycles. The molecule has 0 aliphatic carbocycles. The molecule has 7 nitrogen and oxygen atoms in total. The molecule has 0 amide bonds. The smallest absolute Gasteiger partial charge is 0.256 e. The van der Waals surface area contributed by atoms with Gasteiger partial charge in [0.15, 0.2) is 0 Å². The van der Waals surface area contributed by atoms with Gasteiger partial charge in [0.1, 0.15) is 0 Å². The molecule has 1 aliphatic rings. The molecule has 1 aliphatic heterocycles. The van der Waals surface area contributed by atoms with Crippen molar-refractivity contribution in [3.63, 3.8) is 0 Å². The number of hydrogen-bond donors (Lipinski definition) is 1. The largest absolute Gasteiger partial charge is 0.353 e. The fourth-order valence-electron chi connectivity index (χ4n) is 2.66. The first-order chi connectivity index (χ1) is 10.3. The number of hydrogen-bond acceptors (Lipinski definition) is 5.